The summed E-state index contributed by atoms with van der Waals surface area (Å²) in [5.74, 6) is -1.53. The largest absolute Gasteiger partial charge is 0.328 e. The van der Waals surface area contributed by atoms with Gasteiger partial charge >= 0.3 is 0 Å². The average molecular weight is 309 g/mol. The molecular weight excluding hydrogens is 295 g/mol. The molecule has 0 fully saturated rings. The van der Waals surface area contributed by atoms with Crippen molar-refractivity contribution in [3.63, 3.8) is 0 Å². The molecule has 4 nitrogen and oxygen atoms in total. The number of nitrogens with one attached hydrogen (secondary N) is 1. The first-order valence-corrected chi connectivity index (χ1v) is 6.81. The normalized spacial score (nSPS) is 12.2. The smallest absolute Gasteiger partial charge is 0.259 e. The molecule has 0 unspecified atom stereocenters. The second-order valence-electron chi connectivity index (χ2n) is 4.58. The molecule has 2 rings (SSSR count). The van der Waals surface area contributed by atoms with E-state index in [4.69, 9.17) is 17.3 Å². The van der Waals surface area contributed by atoms with Gasteiger partial charge in [-0.15, -0.1) is 0 Å². The van der Waals surface area contributed by atoms with Crippen molar-refractivity contribution >= 4 is 17.4 Å². The maximum absolute atomic E-state index is 14.5. The predicted molar refractivity (Wildman–Crippen MR) is 79.1 cm³/mol. The van der Waals surface area contributed by atoms with Gasteiger partial charge in [-0.05, 0) is 24.6 Å². The minimum absolute atomic E-state index is 0.0483. The van der Waals surface area contributed by atoms with Crippen LogP contribution in [0.3, 0.4) is 0 Å². The number of hydrogen-bond donors (Lipinski definition) is 2. The van der Waals surface area contributed by atoms with E-state index in [0.29, 0.717) is 6.42 Å². The fraction of sp³-hybridized carbons (Fsp3) is 0.200. The summed E-state index contributed by atoms with van der Waals surface area (Å²) < 4.78 is 14.5. The molecule has 1 aromatic carbocycles. The van der Waals surface area contributed by atoms with Gasteiger partial charge in [0.25, 0.3) is 5.56 Å². The number of carbonyl (C=O) groups is 1. The zero-order valence-corrected chi connectivity index (χ0v) is 12.1. The first kappa shape index (κ1) is 15.4. The van der Waals surface area contributed by atoms with Gasteiger partial charge in [0.1, 0.15) is 5.82 Å². The summed E-state index contributed by atoms with van der Waals surface area (Å²) in [6.45, 7) is 1.81. The lowest BCUT2D eigenvalue weighted by atomic mass is 9.97. The summed E-state index contributed by atoms with van der Waals surface area (Å²) >= 11 is 5.93. The van der Waals surface area contributed by atoms with Crippen LogP contribution in [0.25, 0.3) is 0 Å². The third-order valence-corrected chi connectivity index (χ3v) is 3.57. The Labute approximate surface area is 125 Å². The number of ketones is 1. The van der Waals surface area contributed by atoms with E-state index in [0.717, 1.165) is 0 Å². The van der Waals surface area contributed by atoms with E-state index in [1.165, 1.54) is 30.5 Å². The lowest BCUT2D eigenvalue weighted by Gasteiger charge is -2.14. The fourth-order valence-corrected chi connectivity index (χ4v) is 2.25. The van der Waals surface area contributed by atoms with Crippen molar-refractivity contribution in [1.82, 2.24) is 4.98 Å². The van der Waals surface area contributed by atoms with Gasteiger partial charge in [0.15, 0.2) is 0 Å². The molecular formula is C15H14ClFN2O2. The Morgan fingerprint density at radius 3 is 2.76 bits per heavy atom. The number of aromatic nitrogens is 1. The van der Waals surface area contributed by atoms with Crippen LogP contribution in [-0.4, -0.2) is 10.8 Å². The lowest BCUT2D eigenvalue weighted by Crippen LogP contribution is -2.20. The van der Waals surface area contributed by atoms with E-state index < -0.39 is 23.2 Å². The average Bonchev–Trinajstić information content (AvgIpc) is 2.47. The Hall–Kier alpha value is -1.98. The molecule has 0 saturated carbocycles. The van der Waals surface area contributed by atoms with Crippen LogP contribution in [-0.2, 0) is 0 Å². The highest BCUT2D eigenvalue weighted by Gasteiger charge is 2.24. The van der Waals surface area contributed by atoms with Crippen molar-refractivity contribution in [3.8, 4) is 0 Å². The molecule has 0 aliphatic heterocycles. The van der Waals surface area contributed by atoms with Gasteiger partial charge in [-0.1, -0.05) is 24.6 Å². The Morgan fingerprint density at radius 1 is 1.43 bits per heavy atom. The van der Waals surface area contributed by atoms with Crippen LogP contribution in [0.5, 0.6) is 0 Å². The fourth-order valence-electron chi connectivity index (χ4n) is 2.02. The molecule has 0 aliphatic rings. The van der Waals surface area contributed by atoms with E-state index in [1.807, 2.05) is 6.92 Å². The molecule has 0 aliphatic carbocycles. The van der Waals surface area contributed by atoms with Crippen LogP contribution in [0.4, 0.5) is 4.39 Å². The van der Waals surface area contributed by atoms with E-state index in [-0.39, 0.29) is 21.7 Å². The van der Waals surface area contributed by atoms with Crippen molar-refractivity contribution in [1.29, 1.82) is 0 Å². The molecule has 0 bridgehead atoms. The van der Waals surface area contributed by atoms with Crippen LogP contribution >= 0.6 is 11.6 Å². The molecule has 0 saturated heterocycles. The maximum atomic E-state index is 14.5. The molecule has 21 heavy (non-hydrogen) atoms. The Bertz CT molecular complexity index is 743. The highest BCUT2D eigenvalue weighted by molar-refractivity contribution is 6.35. The minimum atomic E-state index is -0.773. The number of H-pyrrole nitrogens is 1. The highest BCUT2D eigenvalue weighted by atomic mass is 35.5. The first-order valence-electron chi connectivity index (χ1n) is 6.43. The van der Waals surface area contributed by atoms with Gasteiger partial charge in [0.05, 0.1) is 16.1 Å². The summed E-state index contributed by atoms with van der Waals surface area (Å²) in [5, 5.41) is -0.0483. The summed E-state index contributed by atoms with van der Waals surface area (Å²) in [7, 11) is 0. The van der Waals surface area contributed by atoms with E-state index in [9.17, 15) is 14.0 Å². The molecule has 1 heterocycles. The molecule has 0 radical (unpaired) electrons. The molecule has 0 spiro atoms. The molecule has 2 aromatic rings. The molecule has 6 heteroatoms. The van der Waals surface area contributed by atoms with E-state index in [2.05, 4.69) is 4.98 Å². The maximum Gasteiger partial charge on any atom is 0.259 e. The summed E-state index contributed by atoms with van der Waals surface area (Å²) in [5.41, 5.74) is 4.94. The number of benzene rings is 1. The monoisotopic (exact) mass is 308 g/mol. The lowest BCUT2D eigenvalue weighted by molar-refractivity contribution is 0.103. The van der Waals surface area contributed by atoms with Gasteiger partial charge < -0.3 is 10.7 Å². The molecule has 110 valence electrons. The number of rotatable bonds is 4. The number of hydrogen-bond acceptors (Lipinski definition) is 3. The Morgan fingerprint density at radius 2 is 2.14 bits per heavy atom. The van der Waals surface area contributed by atoms with Crippen molar-refractivity contribution < 1.29 is 9.18 Å². The van der Waals surface area contributed by atoms with Gasteiger partial charge in [-0.25, -0.2) is 4.39 Å². The van der Waals surface area contributed by atoms with Crippen molar-refractivity contribution in [2.45, 2.75) is 19.4 Å². The number of pyridine rings is 1. The van der Waals surface area contributed by atoms with Gasteiger partial charge in [0.2, 0.25) is 5.78 Å². The molecule has 3 N–H and O–H groups in total. The summed E-state index contributed by atoms with van der Waals surface area (Å²) in [4.78, 5) is 26.4. The zero-order valence-electron chi connectivity index (χ0n) is 11.3. The van der Waals surface area contributed by atoms with Crippen molar-refractivity contribution in [3.05, 3.63) is 68.3 Å². The van der Waals surface area contributed by atoms with Crippen molar-refractivity contribution in [2.24, 2.45) is 5.73 Å². The number of nitrogens with two attached hydrogens (primary N) is 1. The third-order valence-electron chi connectivity index (χ3n) is 3.25. The second-order valence-corrected chi connectivity index (χ2v) is 4.99. The Kier molecular flexibility index (Phi) is 4.55. The Balaban J connectivity index is 2.61. The minimum Gasteiger partial charge on any atom is -0.328 e. The van der Waals surface area contributed by atoms with Crippen LogP contribution in [0, 0.1) is 5.82 Å². The predicted octanol–water partition coefficient (Wildman–Crippen LogP) is 2.81. The van der Waals surface area contributed by atoms with Gasteiger partial charge in [-0.2, -0.15) is 0 Å². The second kappa shape index (κ2) is 6.20. The SMILES string of the molecule is CC[C@@H](N)c1ccc(Cl)c(C(=O)c2ccc[nH]c2=O)c1F. The van der Waals surface area contributed by atoms with Crippen LogP contribution in [0.1, 0.15) is 40.9 Å². The van der Waals surface area contributed by atoms with Gasteiger partial charge in [-0.3, -0.25) is 9.59 Å². The van der Waals surface area contributed by atoms with Crippen LogP contribution < -0.4 is 11.3 Å². The standard InChI is InChI=1S/C15H14ClFN2O2/c1-2-11(18)8-5-6-10(16)12(13(8)17)14(20)9-4-3-7-19-15(9)21/h3-7,11H,2,18H2,1H3,(H,19,21)/t11-/m1/s1. The zero-order chi connectivity index (χ0) is 15.6. The quantitative estimate of drug-likeness (QED) is 0.853. The van der Waals surface area contributed by atoms with Crippen LogP contribution in [0.15, 0.2) is 35.3 Å². The summed E-state index contributed by atoms with van der Waals surface area (Å²) in [6, 6.07) is 5.14. The molecule has 0 amide bonds. The van der Waals surface area contributed by atoms with Crippen LogP contribution in [0.2, 0.25) is 5.02 Å². The number of halogens is 2. The highest BCUT2D eigenvalue weighted by Crippen LogP contribution is 2.28. The van der Waals surface area contributed by atoms with Crippen molar-refractivity contribution in [2.75, 3.05) is 0 Å². The third kappa shape index (κ3) is 2.89. The number of carbonyl (C=O) groups excluding carboxylic acids is 1. The van der Waals surface area contributed by atoms with E-state index in [1.54, 1.807) is 0 Å². The topological polar surface area (TPSA) is 76.0 Å². The number of aromatic amines is 1. The molecule has 1 atom stereocenters. The van der Waals surface area contributed by atoms with E-state index >= 15 is 0 Å². The molecule has 1 aromatic heterocycles. The first-order chi connectivity index (χ1) is 9.97. The summed E-state index contributed by atoms with van der Waals surface area (Å²) in [6.07, 6.45) is 1.90. The van der Waals surface area contributed by atoms with Gasteiger partial charge in [0, 0.05) is 17.8 Å².